The van der Waals surface area contributed by atoms with Gasteiger partial charge in [0.15, 0.2) is 0 Å². The molecule has 0 aliphatic carbocycles. The number of aromatic nitrogens is 3. The number of rotatable bonds is 5. The molecule has 2 aromatic heterocycles. The zero-order valence-electron chi connectivity index (χ0n) is 16.0. The molecule has 26 heavy (non-hydrogen) atoms. The molecule has 1 aliphatic heterocycles. The fraction of sp³-hybridized carbons (Fsp3) is 0.579. The first kappa shape index (κ1) is 18.4. The molecule has 3 heterocycles. The lowest BCUT2D eigenvalue weighted by atomic mass is 9.97. The van der Waals surface area contributed by atoms with E-state index in [0.29, 0.717) is 13.1 Å². The highest BCUT2D eigenvalue weighted by Gasteiger charge is 2.27. The second-order valence-electron chi connectivity index (χ2n) is 7.08. The van der Waals surface area contributed by atoms with Gasteiger partial charge in [-0.25, -0.2) is 9.97 Å². The molecule has 1 atom stereocenters. The molecule has 7 heteroatoms. The summed E-state index contributed by atoms with van der Waals surface area (Å²) < 4.78 is 5.17. The van der Waals surface area contributed by atoms with Crippen molar-refractivity contribution in [3.05, 3.63) is 34.5 Å². The number of aryl methyl sites for hydroxylation is 4. The molecule has 1 unspecified atom stereocenters. The summed E-state index contributed by atoms with van der Waals surface area (Å²) in [5.41, 5.74) is 3.89. The van der Waals surface area contributed by atoms with Gasteiger partial charge in [0.2, 0.25) is 11.9 Å². The summed E-state index contributed by atoms with van der Waals surface area (Å²) >= 11 is 0. The second kappa shape index (κ2) is 7.85. The van der Waals surface area contributed by atoms with Gasteiger partial charge in [0.1, 0.15) is 5.76 Å². The SMILES string of the molecule is Cc1cc(C)nc(N2CCCC(C(=O)NCCc3c(C)noc3C)C2)n1. The van der Waals surface area contributed by atoms with E-state index in [4.69, 9.17) is 4.52 Å². The third kappa shape index (κ3) is 4.20. The Labute approximate surface area is 154 Å². The van der Waals surface area contributed by atoms with Crippen molar-refractivity contribution < 1.29 is 9.32 Å². The molecule has 0 saturated carbocycles. The molecule has 140 valence electrons. The average Bonchev–Trinajstić information content (AvgIpc) is 2.93. The summed E-state index contributed by atoms with van der Waals surface area (Å²) in [7, 11) is 0. The maximum Gasteiger partial charge on any atom is 0.225 e. The minimum atomic E-state index is -0.0298. The van der Waals surface area contributed by atoms with Crippen molar-refractivity contribution in [2.75, 3.05) is 24.5 Å². The van der Waals surface area contributed by atoms with E-state index >= 15 is 0 Å². The fourth-order valence-electron chi connectivity index (χ4n) is 3.54. The maximum atomic E-state index is 12.6. The Morgan fingerprint density at radius 3 is 2.65 bits per heavy atom. The number of amides is 1. The van der Waals surface area contributed by atoms with Crippen LogP contribution in [0.1, 0.15) is 41.2 Å². The van der Waals surface area contributed by atoms with Crippen molar-refractivity contribution in [1.29, 1.82) is 0 Å². The van der Waals surface area contributed by atoms with Gasteiger partial charge in [0.25, 0.3) is 0 Å². The monoisotopic (exact) mass is 357 g/mol. The molecule has 1 aliphatic rings. The van der Waals surface area contributed by atoms with Gasteiger partial charge in [-0.3, -0.25) is 4.79 Å². The van der Waals surface area contributed by atoms with Crippen LogP contribution in [0.25, 0.3) is 0 Å². The van der Waals surface area contributed by atoms with E-state index in [1.165, 1.54) is 0 Å². The molecule has 0 aromatic carbocycles. The largest absolute Gasteiger partial charge is 0.361 e. The summed E-state index contributed by atoms with van der Waals surface area (Å²) in [5, 5.41) is 7.02. The van der Waals surface area contributed by atoms with Gasteiger partial charge in [0, 0.05) is 36.6 Å². The van der Waals surface area contributed by atoms with E-state index in [9.17, 15) is 4.79 Å². The minimum Gasteiger partial charge on any atom is -0.361 e. The van der Waals surface area contributed by atoms with Crippen LogP contribution in [-0.2, 0) is 11.2 Å². The van der Waals surface area contributed by atoms with E-state index in [2.05, 4.69) is 25.3 Å². The number of hydrogen-bond donors (Lipinski definition) is 1. The van der Waals surface area contributed by atoms with Crippen LogP contribution in [0.4, 0.5) is 5.95 Å². The van der Waals surface area contributed by atoms with Crippen LogP contribution in [0.3, 0.4) is 0 Å². The Hall–Kier alpha value is -2.44. The highest BCUT2D eigenvalue weighted by atomic mass is 16.5. The highest BCUT2D eigenvalue weighted by Crippen LogP contribution is 2.21. The molecule has 7 nitrogen and oxygen atoms in total. The quantitative estimate of drug-likeness (QED) is 0.884. The normalized spacial score (nSPS) is 17.4. The van der Waals surface area contributed by atoms with Gasteiger partial charge in [-0.05, 0) is 53.0 Å². The van der Waals surface area contributed by atoms with Crippen LogP contribution in [-0.4, -0.2) is 40.7 Å². The van der Waals surface area contributed by atoms with Gasteiger partial charge in [0.05, 0.1) is 11.6 Å². The number of hydrogen-bond acceptors (Lipinski definition) is 6. The average molecular weight is 357 g/mol. The third-order valence-electron chi connectivity index (χ3n) is 4.90. The zero-order chi connectivity index (χ0) is 18.7. The summed E-state index contributed by atoms with van der Waals surface area (Å²) in [4.78, 5) is 23.8. The minimum absolute atomic E-state index is 0.0298. The van der Waals surface area contributed by atoms with Crippen LogP contribution in [0.5, 0.6) is 0 Å². The Morgan fingerprint density at radius 1 is 1.27 bits per heavy atom. The summed E-state index contributed by atoms with van der Waals surface area (Å²) in [6.45, 7) is 9.93. The first-order chi connectivity index (χ1) is 12.4. The van der Waals surface area contributed by atoms with Crippen LogP contribution in [0, 0.1) is 33.6 Å². The van der Waals surface area contributed by atoms with E-state index in [-0.39, 0.29) is 11.8 Å². The predicted molar refractivity (Wildman–Crippen MR) is 99.1 cm³/mol. The van der Waals surface area contributed by atoms with E-state index in [1.54, 1.807) is 0 Å². The van der Waals surface area contributed by atoms with Crippen molar-refractivity contribution in [3.8, 4) is 0 Å². The van der Waals surface area contributed by atoms with Crippen molar-refractivity contribution >= 4 is 11.9 Å². The molecule has 2 aromatic rings. The molecule has 0 spiro atoms. The lowest BCUT2D eigenvalue weighted by Gasteiger charge is -2.32. The fourth-order valence-corrected chi connectivity index (χ4v) is 3.54. The smallest absolute Gasteiger partial charge is 0.225 e. The molecule has 0 radical (unpaired) electrons. The van der Waals surface area contributed by atoms with Crippen molar-refractivity contribution in [3.63, 3.8) is 0 Å². The molecule has 1 fully saturated rings. The molecule has 1 saturated heterocycles. The van der Waals surface area contributed by atoms with Crippen molar-refractivity contribution in [2.45, 2.75) is 47.0 Å². The zero-order valence-corrected chi connectivity index (χ0v) is 16.0. The van der Waals surface area contributed by atoms with Crippen LogP contribution < -0.4 is 10.2 Å². The van der Waals surface area contributed by atoms with Crippen molar-refractivity contribution in [1.82, 2.24) is 20.4 Å². The highest BCUT2D eigenvalue weighted by molar-refractivity contribution is 5.79. The number of anilines is 1. The number of carbonyl (C=O) groups is 1. The first-order valence-electron chi connectivity index (χ1n) is 9.20. The van der Waals surface area contributed by atoms with Gasteiger partial charge in [-0.1, -0.05) is 5.16 Å². The Balaban J connectivity index is 1.56. The number of carbonyl (C=O) groups excluding carboxylic acids is 1. The maximum absolute atomic E-state index is 12.6. The lowest BCUT2D eigenvalue weighted by molar-refractivity contribution is -0.125. The van der Waals surface area contributed by atoms with E-state index in [1.807, 2.05) is 33.8 Å². The molecule has 0 bridgehead atoms. The number of piperidine rings is 1. The molecule has 1 amide bonds. The second-order valence-corrected chi connectivity index (χ2v) is 7.08. The predicted octanol–water partition coefficient (Wildman–Crippen LogP) is 2.27. The standard InChI is InChI=1S/C19H27N5O2/c1-12-10-13(2)22-19(21-12)24-9-5-6-16(11-24)18(25)20-8-7-17-14(3)23-26-15(17)4/h10,16H,5-9,11H2,1-4H3,(H,20,25). The van der Waals surface area contributed by atoms with Gasteiger partial charge in [-0.15, -0.1) is 0 Å². The Bertz CT molecular complexity index is 746. The van der Waals surface area contributed by atoms with Gasteiger partial charge >= 0.3 is 0 Å². The molecular formula is C19H27N5O2. The van der Waals surface area contributed by atoms with Crippen LogP contribution >= 0.6 is 0 Å². The lowest BCUT2D eigenvalue weighted by Crippen LogP contribution is -2.44. The first-order valence-corrected chi connectivity index (χ1v) is 9.20. The number of nitrogens with zero attached hydrogens (tertiary/aromatic N) is 4. The van der Waals surface area contributed by atoms with Crippen molar-refractivity contribution in [2.24, 2.45) is 5.92 Å². The van der Waals surface area contributed by atoms with Crippen LogP contribution in [0.2, 0.25) is 0 Å². The summed E-state index contributed by atoms with van der Waals surface area (Å²) in [6.07, 6.45) is 2.61. The summed E-state index contributed by atoms with van der Waals surface area (Å²) in [6, 6.07) is 1.96. The molecule has 1 N–H and O–H groups in total. The van der Waals surface area contributed by atoms with E-state index < -0.39 is 0 Å². The Morgan fingerprint density at radius 2 is 2.00 bits per heavy atom. The van der Waals surface area contributed by atoms with Gasteiger partial charge < -0.3 is 14.7 Å². The topological polar surface area (TPSA) is 84.2 Å². The molecule has 3 rings (SSSR count). The third-order valence-corrected chi connectivity index (χ3v) is 4.90. The van der Waals surface area contributed by atoms with E-state index in [0.717, 1.165) is 60.2 Å². The summed E-state index contributed by atoms with van der Waals surface area (Å²) in [5.74, 6) is 1.63. The number of nitrogens with one attached hydrogen (secondary N) is 1. The molecular weight excluding hydrogens is 330 g/mol. The Kier molecular flexibility index (Phi) is 5.54. The van der Waals surface area contributed by atoms with Gasteiger partial charge in [-0.2, -0.15) is 0 Å². The van der Waals surface area contributed by atoms with Crippen LogP contribution in [0.15, 0.2) is 10.6 Å².